The van der Waals surface area contributed by atoms with Gasteiger partial charge in [0.25, 0.3) is 0 Å². The minimum absolute atomic E-state index is 0. The fourth-order valence-electron chi connectivity index (χ4n) is 11.1. The zero-order valence-corrected chi connectivity index (χ0v) is 39.3. The summed E-state index contributed by atoms with van der Waals surface area (Å²) in [5.41, 5.74) is 18.0. The Morgan fingerprint density at radius 3 is 2.23 bits per heavy atom. The summed E-state index contributed by atoms with van der Waals surface area (Å²) in [6.45, 7) is 22.4. The van der Waals surface area contributed by atoms with Crippen LogP contribution in [-0.4, -0.2) is 25.9 Å². The zero-order valence-electron chi connectivity index (χ0n) is 37.0. The SMILES string of the molecule is Cc1cc(C)c(N2C(c3[c-]c(Oc4[c-]c5c(cc4C)C(C)(C)c4cccc6c7c(C)ccnc7n-5c46)cc(-c4ccccn4)c3)=N[C@]3(C)c4ccc(C)cc4C[C@]23C)c(C)c1.[Pt+2]. The van der Waals surface area contributed by atoms with Crippen molar-refractivity contribution in [2.75, 3.05) is 4.90 Å². The van der Waals surface area contributed by atoms with Crippen molar-refractivity contribution in [3.05, 3.63) is 177 Å². The molecule has 3 aromatic heterocycles. The number of hydrogen-bond donors (Lipinski definition) is 0. The summed E-state index contributed by atoms with van der Waals surface area (Å²) in [4.78, 5) is 18.2. The van der Waals surface area contributed by atoms with Gasteiger partial charge in [0.2, 0.25) is 0 Å². The first kappa shape index (κ1) is 40.2. The van der Waals surface area contributed by atoms with Crippen LogP contribution in [0.1, 0.15) is 88.9 Å². The number of pyridine rings is 2. The van der Waals surface area contributed by atoms with Gasteiger partial charge in [0.15, 0.2) is 0 Å². The van der Waals surface area contributed by atoms with Crippen molar-refractivity contribution in [2.45, 2.75) is 92.2 Å². The smallest absolute Gasteiger partial charge is 0.503 e. The molecule has 0 N–H and O–H groups in total. The predicted octanol–water partition coefficient (Wildman–Crippen LogP) is 12.6. The van der Waals surface area contributed by atoms with E-state index in [4.69, 9.17) is 19.7 Å². The Bertz CT molecular complexity index is 3210. The van der Waals surface area contributed by atoms with Crippen LogP contribution in [0.4, 0.5) is 5.69 Å². The largest absolute Gasteiger partial charge is 2.00 e. The van der Waals surface area contributed by atoms with Crippen LogP contribution in [0.5, 0.6) is 11.5 Å². The van der Waals surface area contributed by atoms with Crippen LogP contribution in [0.2, 0.25) is 0 Å². The number of hydrogen-bond acceptors (Lipinski definition) is 5. The summed E-state index contributed by atoms with van der Waals surface area (Å²) in [5.74, 6) is 2.10. The maximum atomic E-state index is 7.07. The standard InChI is InChI=1S/C55H49N5O.Pt/c1-31-17-18-42-39(24-31)30-54(9)55(42,10)58-51(60(54)49-35(5)22-32(2)23-36(49)6)38-26-37(45-16-11-12-20-56-45)27-40(28-38)61-47-29-46-44(25-34(47)4)53(7,8)43-15-13-14-41-48-33(3)19-21-57-52(48)59(46)50(41)43;/h11-27H,30H2,1-10H3;/q-2;+2/t54-,55+;/m0./s1. The van der Waals surface area contributed by atoms with E-state index < -0.39 is 5.54 Å². The maximum Gasteiger partial charge on any atom is 2.00 e. The fraction of sp³-hybridized carbons (Fsp3) is 0.255. The van der Waals surface area contributed by atoms with Gasteiger partial charge in [-0.25, -0.2) is 4.98 Å². The third-order valence-electron chi connectivity index (χ3n) is 14.2. The van der Waals surface area contributed by atoms with Gasteiger partial charge in [-0.15, -0.1) is 28.8 Å². The number of rotatable bonds is 5. The first-order valence-corrected chi connectivity index (χ1v) is 21.4. The van der Waals surface area contributed by atoms with Gasteiger partial charge in [-0.2, -0.15) is 6.07 Å². The van der Waals surface area contributed by atoms with E-state index in [1.54, 1.807) is 0 Å². The van der Waals surface area contributed by atoms with E-state index in [0.717, 1.165) is 46.0 Å². The molecule has 2 atom stereocenters. The minimum atomic E-state index is -0.520. The molecule has 62 heavy (non-hydrogen) atoms. The van der Waals surface area contributed by atoms with Crippen LogP contribution in [0, 0.1) is 53.7 Å². The van der Waals surface area contributed by atoms with Crippen molar-refractivity contribution >= 4 is 33.5 Å². The molecule has 0 unspecified atom stereocenters. The number of aliphatic imine (C=N–C) groups is 1. The van der Waals surface area contributed by atoms with Gasteiger partial charge in [0.05, 0.1) is 28.1 Å². The van der Waals surface area contributed by atoms with E-state index in [1.165, 1.54) is 72.0 Å². The molecule has 1 aliphatic carbocycles. The Morgan fingerprint density at radius 1 is 0.677 bits per heavy atom. The summed E-state index contributed by atoms with van der Waals surface area (Å²) in [7, 11) is 0. The fourth-order valence-corrected chi connectivity index (χ4v) is 11.1. The molecule has 0 saturated heterocycles. The topological polar surface area (TPSA) is 55.5 Å². The number of amidine groups is 1. The van der Waals surface area contributed by atoms with Crippen LogP contribution < -0.4 is 9.64 Å². The molecule has 310 valence electrons. The number of nitrogens with zero attached hydrogens (tertiary/aromatic N) is 5. The van der Waals surface area contributed by atoms with E-state index in [-0.39, 0.29) is 32.0 Å². The average molecular weight is 991 g/mol. The molecule has 6 nitrogen and oxygen atoms in total. The molecule has 8 aromatic rings. The molecule has 0 bridgehead atoms. The second-order valence-corrected chi connectivity index (χ2v) is 18.7. The third-order valence-corrected chi connectivity index (χ3v) is 14.2. The normalized spacial score (nSPS) is 19.3. The molecule has 0 spiro atoms. The average Bonchev–Trinajstić information content (AvgIpc) is 3.76. The Kier molecular flexibility index (Phi) is 8.98. The van der Waals surface area contributed by atoms with Gasteiger partial charge in [-0.3, -0.25) is 4.98 Å². The molecule has 5 aromatic carbocycles. The number of fused-ring (bicyclic) bond motifs is 8. The van der Waals surface area contributed by atoms with Crippen molar-refractivity contribution in [3.8, 4) is 28.4 Å². The minimum Gasteiger partial charge on any atom is -0.503 e. The van der Waals surface area contributed by atoms with Crippen molar-refractivity contribution in [2.24, 2.45) is 4.99 Å². The Balaban J connectivity index is 0.00000458. The number of benzene rings is 5. The number of aryl methyl sites for hydroxylation is 6. The molecule has 5 heterocycles. The first-order chi connectivity index (χ1) is 29.2. The molecule has 11 rings (SSSR count). The van der Waals surface area contributed by atoms with E-state index in [0.29, 0.717) is 11.5 Å². The summed E-state index contributed by atoms with van der Waals surface area (Å²) in [5, 5.41) is 2.38. The first-order valence-electron chi connectivity index (χ1n) is 21.4. The predicted molar refractivity (Wildman–Crippen MR) is 248 cm³/mol. The molecule has 3 aliphatic rings. The summed E-state index contributed by atoms with van der Waals surface area (Å²) >= 11 is 0. The second-order valence-electron chi connectivity index (χ2n) is 18.7. The maximum absolute atomic E-state index is 7.07. The van der Waals surface area contributed by atoms with E-state index >= 15 is 0 Å². The monoisotopic (exact) mass is 990 g/mol. The quantitative estimate of drug-likeness (QED) is 0.161. The van der Waals surface area contributed by atoms with Crippen molar-refractivity contribution in [1.29, 1.82) is 0 Å². The van der Waals surface area contributed by atoms with E-state index in [9.17, 15) is 0 Å². The van der Waals surface area contributed by atoms with Gasteiger partial charge < -0.3 is 19.2 Å². The molecule has 2 aliphatic heterocycles. The van der Waals surface area contributed by atoms with Gasteiger partial charge >= 0.3 is 21.1 Å². The van der Waals surface area contributed by atoms with Crippen LogP contribution in [0.15, 0.2) is 108 Å². The van der Waals surface area contributed by atoms with E-state index in [1.807, 2.05) is 24.5 Å². The van der Waals surface area contributed by atoms with Crippen LogP contribution in [0.25, 0.3) is 38.9 Å². The van der Waals surface area contributed by atoms with Crippen LogP contribution >= 0.6 is 0 Å². The van der Waals surface area contributed by atoms with Crippen molar-refractivity contribution in [3.63, 3.8) is 0 Å². The molecule has 0 amide bonds. The number of anilines is 1. The Labute approximate surface area is 379 Å². The van der Waals surface area contributed by atoms with Crippen molar-refractivity contribution in [1.82, 2.24) is 14.5 Å². The van der Waals surface area contributed by atoms with Gasteiger partial charge in [0, 0.05) is 40.4 Å². The molecule has 0 fully saturated rings. The molecule has 7 heteroatoms. The summed E-state index contributed by atoms with van der Waals surface area (Å²) in [6.07, 6.45) is 4.62. The van der Waals surface area contributed by atoms with Gasteiger partial charge in [-0.1, -0.05) is 110 Å². The number of ether oxygens (including phenoxy) is 1. The van der Waals surface area contributed by atoms with Gasteiger partial charge in [-0.05, 0) is 112 Å². The summed E-state index contributed by atoms with van der Waals surface area (Å²) < 4.78 is 9.38. The van der Waals surface area contributed by atoms with Crippen LogP contribution in [-0.2, 0) is 38.4 Å². The second kappa shape index (κ2) is 13.8. The molecular formula is C55H49N5OPt. The molecule has 0 saturated carbocycles. The van der Waals surface area contributed by atoms with E-state index in [2.05, 4.69) is 170 Å². The number of para-hydroxylation sites is 1. The van der Waals surface area contributed by atoms with Crippen LogP contribution in [0.3, 0.4) is 0 Å². The Hall–Kier alpha value is -5.84. The Morgan fingerprint density at radius 2 is 1.47 bits per heavy atom. The van der Waals surface area contributed by atoms with Crippen molar-refractivity contribution < 1.29 is 25.8 Å². The zero-order chi connectivity index (χ0) is 42.3. The molecular weight excluding hydrogens is 942 g/mol. The molecule has 0 radical (unpaired) electrons. The summed E-state index contributed by atoms with van der Waals surface area (Å²) in [6, 6.07) is 40.4. The van der Waals surface area contributed by atoms with Gasteiger partial charge in [0.1, 0.15) is 5.65 Å². The third kappa shape index (κ3) is 5.54. The number of aromatic nitrogens is 3.